The number of hydrogen-bond acceptors (Lipinski definition) is 4. The molecule has 0 unspecified atom stereocenters. The Morgan fingerprint density at radius 3 is 2.76 bits per heavy atom. The van der Waals surface area contributed by atoms with Gasteiger partial charge in [0.1, 0.15) is 5.75 Å². The standard InChI is InChI=1S/C16H13ClN2O2/c1-11-7-8-13(17)14(9-11)20-10-15-18-16(19-21-15)12-5-3-2-4-6-12/h2-9H,10H2,1H3. The number of hydrogen-bond donors (Lipinski definition) is 0. The van der Waals surface area contributed by atoms with Gasteiger partial charge in [0, 0.05) is 5.56 Å². The minimum Gasteiger partial charge on any atom is -0.482 e. The molecule has 21 heavy (non-hydrogen) atoms. The molecule has 106 valence electrons. The van der Waals surface area contributed by atoms with Gasteiger partial charge in [-0.2, -0.15) is 4.98 Å². The van der Waals surface area contributed by atoms with E-state index in [4.69, 9.17) is 20.9 Å². The molecule has 1 heterocycles. The van der Waals surface area contributed by atoms with Gasteiger partial charge < -0.3 is 9.26 Å². The molecule has 4 nitrogen and oxygen atoms in total. The summed E-state index contributed by atoms with van der Waals surface area (Å²) in [6, 6.07) is 15.2. The zero-order chi connectivity index (χ0) is 14.7. The summed E-state index contributed by atoms with van der Waals surface area (Å²) in [6.07, 6.45) is 0. The van der Waals surface area contributed by atoms with E-state index in [0.717, 1.165) is 11.1 Å². The third kappa shape index (κ3) is 3.23. The van der Waals surface area contributed by atoms with E-state index in [1.54, 1.807) is 6.07 Å². The number of halogens is 1. The summed E-state index contributed by atoms with van der Waals surface area (Å²) < 4.78 is 10.8. The first kappa shape index (κ1) is 13.6. The molecule has 0 saturated carbocycles. The molecule has 0 aliphatic carbocycles. The topological polar surface area (TPSA) is 48.2 Å². The second-order valence-electron chi connectivity index (χ2n) is 4.60. The first-order valence-corrected chi connectivity index (χ1v) is 6.87. The fraction of sp³-hybridized carbons (Fsp3) is 0.125. The summed E-state index contributed by atoms with van der Waals surface area (Å²) in [5, 5.41) is 4.50. The Labute approximate surface area is 127 Å². The Morgan fingerprint density at radius 1 is 1.14 bits per heavy atom. The van der Waals surface area contributed by atoms with Gasteiger partial charge in [-0.25, -0.2) is 0 Å². The third-order valence-corrected chi connectivity index (χ3v) is 3.25. The van der Waals surface area contributed by atoms with Crippen LogP contribution in [-0.2, 0) is 6.61 Å². The van der Waals surface area contributed by atoms with Crippen LogP contribution in [0.2, 0.25) is 5.02 Å². The molecular formula is C16H13ClN2O2. The van der Waals surface area contributed by atoms with Crippen molar-refractivity contribution in [3.8, 4) is 17.1 Å². The van der Waals surface area contributed by atoms with E-state index in [9.17, 15) is 0 Å². The highest BCUT2D eigenvalue weighted by Gasteiger charge is 2.10. The van der Waals surface area contributed by atoms with E-state index >= 15 is 0 Å². The van der Waals surface area contributed by atoms with Gasteiger partial charge in [-0.3, -0.25) is 0 Å². The summed E-state index contributed by atoms with van der Waals surface area (Å²) in [4.78, 5) is 4.30. The number of rotatable bonds is 4. The minimum absolute atomic E-state index is 0.184. The molecule has 3 rings (SSSR count). The summed E-state index contributed by atoms with van der Waals surface area (Å²) in [5.74, 6) is 1.56. The van der Waals surface area contributed by atoms with Crippen LogP contribution in [-0.4, -0.2) is 10.1 Å². The highest BCUT2D eigenvalue weighted by Crippen LogP contribution is 2.26. The van der Waals surface area contributed by atoms with Gasteiger partial charge in [0.15, 0.2) is 6.61 Å². The number of ether oxygens (including phenoxy) is 1. The van der Waals surface area contributed by atoms with Crippen molar-refractivity contribution in [3.05, 3.63) is 65.0 Å². The van der Waals surface area contributed by atoms with Crippen LogP contribution in [0.3, 0.4) is 0 Å². The summed E-state index contributed by atoms with van der Waals surface area (Å²) >= 11 is 6.07. The Hall–Kier alpha value is -2.33. The maximum atomic E-state index is 6.07. The van der Waals surface area contributed by atoms with Crippen LogP contribution < -0.4 is 4.74 Å². The maximum Gasteiger partial charge on any atom is 0.264 e. The predicted molar refractivity (Wildman–Crippen MR) is 80.3 cm³/mol. The molecular weight excluding hydrogens is 288 g/mol. The molecule has 0 N–H and O–H groups in total. The van der Waals surface area contributed by atoms with Crippen molar-refractivity contribution < 1.29 is 9.26 Å². The Balaban J connectivity index is 1.72. The zero-order valence-corrected chi connectivity index (χ0v) is 12.2. The lowest BCUT2D eigenvalue weighted by Crippen LogP contribution is -1.96. The second kappa shape index (κ2) is 5.97. The molecule has 0 aliphatic rings. The smallest absolute Gasteiger partial charge is 0.264 e. The highest BCUT2D eigenvalue weighted by atomic mass is 35.5. The molecule has 0 amide bonds. The quantitative estimate of drug-likeness (QED) is 0.721. The summed E-state index contributed by atoms with van der Waals surface area (Å²) in [7, 11) is 0. The van der Waals surface area contributed by atoms with Crippen molar-refractivity contribution in [2.75, 3.05) is 0 Å². The fourth-order valence-electron chi connectivity index (χ4n) is 1.88. The van der Waals surface area contributed by atoms with Crippen LogP contribution in [0.25, 0.3) is 11.4 Å². The Bertz CT molecular complexity index is 741. The molecule has 2 aromatic carbocycles. The molecule has 0 bridgehead atoms. The van der Waals surface area contributed by atoms with Gasteiger partial charge in [0.25, 0.3) is 5.89 Å². The number of aromatic nitrogens is 2. The minimum atomic E-state index is 0.184. The van der Waals surface area contributed by atoms with E-state index in [0.29, 0.717) is 22.5 Å². The van der Waals surface area contributed by atoms with Crippen molar-refractivity contribution >= 4 is 11.6 Å². The second-order valence-corrected chi connectivity index (χ2v) is 5.01. The van der Waals surface area contributed by atoms with Gasteiger partial charge in [-0.1, -0.05) is 53.2 Å². The van der Waals surface area contributed by atoms with E-state index in [2.05, 4.69) is 10.1 Å². The Kier molecular flexibility index (Phi) is 3.88. The van der Waals surface area contributed by atoms with Crippen LogP contribution in [0.4, 0.5) is 0 Å². The molecule has 3 aromatic rings. The molecule has 0 atom stereocenters. The van der Waals surface area contributed by atoms with Crippen molar-refractivity contribution in [2.24, 2.45) is 0 Å². The van der Waals surface area contributed by atoms with Crippen LogP contribution in [0, 0.1) is 6.92 Å². The van der Waals surface area contributed by atoms with E-state index in [-0.39, 0.29) is 6.61 Å². The predicted octanol–water partition coefficient (Wildman–Crippen LogP) is 4.28. The lowest BCUT2D eigenvalue weighted by molar-refractivity contribution is 0.243. The van der Waals surface area contributed by atoms with Gasteiger partial charge in [0.2, 0.25) is 5.82 Å². The number of nitrogens with zero attached hydrogens (tertiary/aromatic N) is 2. The molecule has 0 fully saturated rings. The fourth-order valence-corrected chi connectivity index (χ4v) is 2.05. The highest BCUT2D eigenvalue weighted by molar-refractivity contribution is 6.32. The SMILES string of the molecule is Cc1ccc(Cl)c(OCc2nc(-c3ccccc3)no2)c1. The normalized spacial score (nSPS) is 10.6. The van der Waals surface area contributed by atoms with Crippen LogP contribution in [0.1, 0.15) is 11.5 Å². The summed E-state index contributed by atoms with van der Waals surface area (Å²) in [6.45, 7) is 2.16. The van der Waals surface area contributed by atoms with E-state index < -0.39 is 0 Å². The first-order chi connectivity index (χ1) is 10.2. The summed E-state index contributed by atoms with van der Waals surface area (Å²) in [5.41, 5.74) is 1.98. The van der Waals surface area contributed by atoms with Crippen molar-refractivity contribution in [2.45, 2.75) is 13.5 Å². The Morgan fingerprint density at radius 2 is 1.95 bits per heavy atom. The molecule has 1 aromatic heterocycles. The molecule has 0 saturated heterocycles. The van der Waals surface area contributed by atoms with Crippen LogP contribution in [0.15, 0.2) is 53.1 Å². The number of benzene rings is 2. The molecule has 0 spiro atoms. The van der Waals surface area contributed by atoms with Crippen LogP contribution in [0.5, 0.6) is 5.75 Å². The lowest BCUT2D eigenvalue weighted by Gasteiger charge is -2.06. The van der Waals surface area contributed by atoms with Crippen molar-refractivity contribution in [1.82, 2.24) is 10.1 Å². The largest absolute Gasteiger partial charge is 0.482 e. The van der Waals surface area contributed by atoms with Gasteiger partial charge in [-0.15, -0.1) is 0 Å². The van der Waals surface area contributed by atoms with Crippen molar-refractivity contribution in [1.29, 1.82) is 0 Å². The monoisotopic (exact) mass is 300 g/mol. The number of aryl methyl sites for hydroxylation is 1. The van der Waals surface area contributed by atoms with E-state index in [1.807, 2.05) is 49.4 Å². The van der Waals surface area contributed by atoms with Crippen LogP contribution >= 0.6 is 11.6 Å². The first-order valence-electron chi connectivity index (χ1n) is 6.49. The zero-order valence-electron chi connectivity index (χ0n) is 11.4. The van der Waals surface area contributed by atoms with Gasteiger partial charge >= 0.3 is 0 Å². The van der Waals surface area contributed by atoms with Crippen molar-refractivity contribution in [3.63, 3.8) is 0 Å². The maximum absolute atomic E-state index is 6.07. The molecule has 0 aliphatic heterocycles. The molecule has 5 heteroatoms. The molecule has 0 radical (unpaired) electrons. The van der Waals surface area contributed by atoms with Gasteiger partial charge in [-0.05, 0) is 24.6 Å². The average Bonchev–Trinajstić information content (AvgIpc) is 2.98. The third-order valence-electron chi connectivity index (χ3n) is 2.94. The lowest BCUT2D eigenvalue weighted by atomic mass is 10.2. The average molecular weight is 301 g/mol. The van der Waals surface area contributed by atoms with E-state index in [1.165, 1.54) is 0 Å². The van der Waals surface area contributed by atoms with Gasteiger partial charge in [0.05, 0.1) is 5.02 Å².